The smallest absolute Gasteiger partial charge is 0.238 e. The quantitative estimate of drug-likeness (QED) is 0.755. The normalized spacial score (nSPS) is 14.2. The maximum Gasteiger partial charge on any atom is 0.238 e. The van der Waals surface area contributed by atoms with E-state index in [9.17, 15) is 9.59 Å². The number of likely N-dealkylation sites (N-methyl/N-ethyl adjacent to an activating group) is 1. The molecule has 5 nitrogen and oxygen atoms in total. The number of aryl methyl sites for hydroxylation is 3. The molecule has 1 atom stereocenters. The third-order valence-corrected chi connectivity index (χ3v) is 5.41. The van der Waals surface area contributed by atoms with E-state index in [1.807, 2.05) is 38.1 Å². The Morgan fingerprint density at radius 2 is 1.62 bits per heavy atom. The number of hydrogen-bond donors (Lipinski definition) is 2. The first-order chi connectivity index (χ1) is 13.9. The second-order valence-corrected chi connectivity index (χ2v) is 8.11. The highest BCUT2D eigenvalue weighted by molar-refractivity contribution is 5.92. The van der Waals surface area contributed by atoms with Gasteiger partial charge >= 0.3 is 0 Å². The molecule has 0 radical (unpaired) electrons. The number of benzene rings is 2. The standard InChI is InChI=1S/C24H31N3O2/c1-17-8-12-22(13-9-17)26-24(29)16-27(3)15-23(28)25-18(2)20-11-10-19-6-4-5-7-21(19)14-20/h8-14,18H,4-7,15-16H2,1-3H3,(H,25,28)(H,26,29)/t18-/m0/s1. The third kappa shape index (κ3) is 6.16. The van der Waals surface area contributed by atoms with Gasteiger partial charge in [-0.1, -0.05) is 35.9 Å². The van der Waals surface area contributed by atoms with Gasteiger partial charge in [0.2, 0.25) is 11.8 Å². The van der Waals surface area contributed by atoms with Crippen molar-refractivity contribution in [3.63, 3.8) is 0 Å². The number of nitrogens with one attached hydrogen (secondary N) is 2. The maximum absolute atomic E-state index is 12.4. The van der Waals surface area contributed by atoms with Crippen molar-refractivity contribution < 1.29 is 9.59 Å². The summed E-state index contributed by atoms with van der Waals surface area (Å²) in [5.41, 5.74) is 5.90. The molecule has 0 fully saturated rings. The summed E-state index contributed by atoms with van der Waals surface area (Å²) in [6.07, 6.45) is 4.80. The average Bonchev–Trinajstić information content (AvgIpc) is 2.69. The summed E-state index contributed by atoms with van der Waals surface area (Å²) in [6, 6.07) is 14.2. The fourth-order valence-corrected chi connectivity index (χ4v) is 3.78. The summed E-state index contributed by atoms with van der Waals surface area (Å²) in [4.78, 5) is 26.3. The van der Waals surface area contributed by atoms with Crippen LogP contribution in [0.1, 0.15) is 48.1 Å². The summed E-state index contributed by atoms with van der Waals surface area (Å²) < 4.78 is 0. The molecule has 2 aromatic rings. The molecule has 1 aliphatic carbocycles. The number of nitrogens with zero attached hydrogens (tertiary/aromatic N) is 1. The molecule has 0 saturated heterocycles. The number of rotatable bonds is 7. The molecular weight excluding hydrogens is 362 g/mol. The molecule has 0 aromatic heterocycles. The van der Waals surface area contributed by atoms with Crippen molar-refractivity contribution in [2.24, 2.45) is 0 Å². The Bertz CT molecular complexity index is 861. The minimum Gasteiger partial charge on any atom is -0.348 e. The molecule has 2 N–H and O–H groups in total. The van der Waals surface area contributed by atoms with Crippen molar-refractivity contribution in [2.75, 3.05) is 25.5 Å². The predicted octanol–water partition coefficient (Wildman–Crippen LogP) is 3.62. The number of fused-ring (bicyclic) bond motifs is 1. The van der Waals surface area contributed by atoms with Gasteiger partial charge in [-0.25, -0.2) is 0 Å². The first-order valence-electron chi connectivity index (χ1n) is 10.4. The second kappa shape index (κ2) is 9.70. The van der Waals surface area contributed by atoms with Gasteiger partial charge < -0.3 is 10.6 Å². The number of carbonyl (C=O) groups excluding carboxylic acids is 2. The van der Waals surface area contributed by atoms with Crippen LogP contribution in [0.3, 0.4) is 0 Å². The molecule has 0 aliphatic heterocycles. The van der Waals surface area contributed by atoms with Gasteiger partial charge in [-0.05, 0) is 75.4 Å². The van der Waals surface area contributed by atoms with Crippen LogP contribution in [-0.4, -0.2) is 36.9 Å². The lowest BCUT2D eigenvalue weighted by molar-refractivity contribution is -0.123. The van der Waals surface area contributed by atoms with Crippen LogP contribution < -0.4 is 10.6 Å². The molecule has 29 heavy (non-hydrogen) atoms. The Balaban J connectivity index is 1.46. The molecule has 3 rings (SSSR count). The Hall–Kier alpha value is -2.66. The topological polar surface area (TPSA) is 61.4 Å². The van der Waals surface area contributed by atoms with Crippen LogP contribution in [0.25, 0.3) is 0 Å². The second-order valence-electron chi connectivity index (χ2n) is 8.11. The zero-order chi connectivity index (χ0) is 20.8. The van der Waals surface area contributed by atoms with Gasteiger partial charge in [0.05, 0.1) is 19.1 Å². The molecule has 154 valence electrons. The summed E-state index contributed by atoms with van der Waals surface area (Å²) >= 11 is 0. The van der Waals surface area contributed by atoms with Crippen LogP contribution in [0.5, 0.6) is 0 Å². The molecule has 0 bridgehead atoms. The molecule has 0 saturated carbocycles. The minimum atomic E-state index is -0.133. The van der Waals surface area contributed by atoms with Crippen molar-refractivity contribution in [1.29, 1.82) is 0 Å². The summed E-state index contributed by atoms with van der Waals surface area (Å²) in [6.45, 7) is 4.35. The van der Waals surface area contributed by atoms with Gasteiger partial charge in [-0.3, -0.25) is 14.5 Å². The number of anilines is 1. The zero-order valence-electron chi connectivity index (χ0n) is 17.6. The SMILES string of the molecule is Cc1ccc(NC(=O)CN(C)CC(=O)N[C@@H](C)c2ccc3c(c2)CCCC3)cc1. The van der Waals surface area contributed by atoms with E-state index in [1.165, 1.54) is 24.0 Å². The summed E-state index contributed by atoms with van der Waals surface area (Å²) in [7, 11) is 1.78. The van der Waals surface area contributed by atoms with Gasteiger partial charge in [0.15, 0.2) is 0 Å². The maximum atomic E-state index is 12.4. The average molecular weight is 394 g/mol. The van der Waals surface area contributed by atoms with Crippen LogP contribution in [0.4, 0.5) is 5.69 Å². The van der Waals surface area contributed by atoms with Crippen LogP contribution in [0, 0.1) is 6.92 Å². The molecule has 2 aromatic carbocycles. The van der Waals surface area contributed by atoms with Gasteiger partial charge in [-0.2, -0.15) is 0 Å². The van der Waals surface area contributed by atoms with Gasteiger partial charge in [-0.15, -0.1) is 0 Å². The highest BCUT2D eigenvalue weighted by Crippen LogP contribution is 2.24. The minimum absolute atomic E-state index is 0.0514. The molecule has 2 amide bonds. The third-order valence-electron chi connectivity index (χ3n) is 5.41. The highest BCUT2D eigenvalue weighted by Gasteiger charge is 2.16. The largest absolute Gasteiger partial charge is 0.348 e. The molecule has 0 heterocycles. The first kappa shape index (κ1) is 21.1. The van der Waals surface area contributed by atoms with Crippen LogP contribution in [0.2, 0.25) is 0 Å². The van der Waals surface area contributed by atoms with Crippen LogP contribution in [0.15, 0.2) is 42.5 Å². The molecule has 5 heteroatoms. The Morgan fingerprint density at radius 3 is 2.34 bits per heavy atom. The van der Waals surface area contributed by atoms with E-state index < -0.39 is 0 Å². The van der Waals surface area contributed by atoms with Crippen molar-refractivity contribution in [3.8, 4) is 0 Å². The predicted molar refractivity (Wildman–Crippen MR) is 117 cm³/mol. The lowest BCUT2D eigenvalue weighted by Crippen LogP contribution is -2.39. The Kier molecular flexibility index (Phi) is 7.04. The van der Waals surface area contributed by atoms with E-state index in [1.54, 1.807) is 11.9 Å². The fourth-order valence-electron chi connectivity index (χ4n) is 3.78. The lowest BCUT2D eigenvalue weighted by Gasteiger charge is -2.21. The Morgan fingerprint density at radius 1 is 0.966 bits per heavy atom. The highest BCUT2D eigenvalue weighted by atomic mass is 16.2. The van der Waals surface area contributed by atoms with Crippen molar-refractivity contribution in [1.82, 2.24) is 10.2 Å². The first-order valence-corrected chi connectivity index (χ1v) is 10.4. The number of carbonyl (C=O) groups is 2. The van der Waals surface area contributed by atoms with Crippen molar-refractivity contribution in [3.05, 3.63) is 64.7 Å². The number of hydrogen-bond acceptors (Lipinski definition) is 3. The summed E-state index contributed by atoms with van der Waals surface area (Å²) in [5.74, 6) is -0.215. The van der Waals surface area contributed by atoms with Crippen molar-refractivity contribution >= 4 is 17.5 Å². The van der Waals surface area contributed by atoms with Crippen molar-refractivity contribution in [2.45, 2.75) is 45.6 Å². The van der Waals surface area contributed by atoms with E-state index in [4.69, 9.17) is 0 Å². The van der Waals surface area contributed by atoms with E-state index in [0.717, 1.165) is 29.7 Å². The summed E-state index contributed by atoms with van der Waals surface area (Å²) in [5, 5.41) is 5.91. The van der Waals surface area contributed by atoms with E-state index in [0.29, 0.717) is 0 Å². The molecule has 0 spiro atoms. The van der Waals surface area contributed by atoms with Gasteiger partial charge in [0.25, 0.3) is 0 Å². The molecule has 1 aliphatic rings. The molecular formula is C24H31N3O2. The molecule has 0 unspecified atom stereocenters. The monoisotopic (exact) mass is 393 g/mol. The lowest BCUT2D eigenvalue weighted by atomic mass is 9.89. The van der Waals surface area contributed by atoms with E-state index in [2.05, 4.69) is 28.8 Å². The van der Waals surface area contributed by atoms with Gasteiger partial charge in [0, 0.05) is 5.69 Å². The zero-order valence-corrected chi connectivity index (χ0v) is 17.6. The Labute approximate surface area is 173 Å². The van der Waals surface area contributed by atoms with Gasteiger partial charge in [0.1, 0.15) is 0 Å². The van der Waals surface area contributed by atoms with E-state index in [-0.39, 0.29) is 30.9 Å². The fraction of sp³-hybridized carbons (Fsp3) is 0.417. The van der Waals surface area contributed by atoms with Crippen LogP contribution in [-0.2, 0) is 22.4 Å². The number of amides is 2. The van der Waals surface area contributed by atoms with Crippen LogP contribution >= 0.6 is 0 Å². The van der Waals surface area contributed by atoms with E-state index >= 15 is 0 Å².